The number of carbonyl (C=O) groups is 2. The Kier molecular flexibility index (Phi) is 10.5. The molecule has 0 aromatic carbocycles. The van der Waals surface area contributed by atoms with E-state index in [-0.39, 0.29) is 24.7 Å². The van der Waals surface area contributed by atoms with Crippen LogP contribution in [0.15, 0.2) is 0 Å². The van der Waals surface area contributed by atoms with Gasteiger partial charge in [-0.1, -0.05) is 38.5 Å². The minimum Gasteiger partial charge on any atom is -0.366 e. The number of rotatable bonds is 13. The molecule has 0 bridgehead atoms. The summed E-state index contributed by atoms with van der Waals surface area (Å²) < 4.78 is 0. The van der Waals surface area contributed by atoms with E-state index < -0.39 is 6.29 Å². The minimum atomic E-state index is -1.06. The maximum absolute atomic E-state index is 11.3. The van der Waals surface area contributed by atoms with Gasteiger partial charge < -0.3 is 5.11 Å². The number of aliphatic hydroxyl groups is 1. The van der Waals surface area contributed by atoms with Crippen LogP contribution in [-0.2, 0) is 14.4 Å². The summed E-state index contributed by atoms with van der Waals surface area (Å²) in [5.74, 6) is 0.552. The molecule has 22 heavy (non-hydrogen) atoms. The summed E-state index contributed by atoms with van der Waals surface area (Å²) in [5.41, 5.74) is 0. The first kappa shape index (κ1) is 19.5. The van der Waals surface area contributed by atoms with Crippen molar-refractivity contribution in [1.29, 1.82) is 0 Å². The van der Waals surface area contributed by atoms with E-state index >= 15 is 0 Å². The lowest BCUT2D eigenvalue weighted by atomic mass is 10.1. The Labute approximate surface area is 137 Å². The van der Waals surface area contributed by atoms with Gasteiger partial charge in [0.2, 0.25) is 0 Å². The van der Waals surface area contributed by atoms with E-state index in [0.29, 0.717) is 6.42 Å². The highest BCUT2D eigenvalue weighted by atomic mass is 32.2. The number of aliphatic hydroxyl groups excluding tert-OH is 1. The number of nitrogens with zero attached hydrogens (tertiary/aromatic N) is 1. The third-order valence-electron chi connectivity index (χ3n) is 3.78. The zero-order chi connectivity index (χ0) is 16.2. The summed E-state index contributed by atoms with van der Waals surface area (Å²) in [6.07, 6.45) is 11.5. The summed E-state index contributed by atoms with van der Waals surface area (Å²) in [6, 6.07) is 0. The second-order valence-electron chi connectivity index (χ2n) is 5.75. The van der Waals surface area contributed by atoms with Gasteiger partial charge in [0.1, 0.15) is 0 Å². The lowest BCUT2D eigenvalue weighted by Crippen LogP contribution is -2.34. The van der Waals surface area contributed by atoms with Gasteiger partial charge in [-0.3, -0.25) is 9.59 Å². The molecule has 1 N–H and O–H groups in total. The number of thioether (sulfide) groups is 1. The lowest BCUT2D eigenvalue weighted by molar-refractivity contribution is -0.245. The molecular formula is C16H29NO4S. The second kappa shape index (κ2) is 11.9. The van der Waals surface area contributed by atoms with Crippen LogP contribution in [0.2, 0.25) is 0 Å². The molecule has 0 spiro atoms. The van der Waals surface area contributed by atoms with E-state index in [9.17, 15) is 14.7 Å². The monoisotopic (exact) mass is 331 g/mol. The molecule has 0 aromatic rings. The van der Waals surface area contributed by atoms with E-state index in [0.717, 1.165) is 24.3 Å². The Morgan fingerprint density at radius 3 is 2.05 bits per heavy atom. The number of carbonyl (C=O) groups excluding carboxylic acids is 2. The molecule has 1 unspecified atom stereocenters. The van der Waals surface area contributed by atoms with Crippen LogP contribution in [0.5, 0.6) is 0 Å². The van der Waals surface area contributed by atoms with Crippen LogP contribution in [0, 0.1) is 0 Å². The second-order valence-corrected chi connectivity index (χ2v) is 6.74. The van der Waals surface area contributed by atoms with Gasteiger partial charge in [-0.05, 0) is 24.9 Å². The van der Waals surface area contributed by atoms with E-state index in [1.165, 1.54) is 37.9 Å². The first-order valence-corrected chi connectivity index (χ1v) is 9.74. The average molecular weight is 331 g/mol. The zero-order valence-electron chi connectivity index (χ0n) is 13.6. The molecule has 0 aromatic heterocycles. The summed E-state index contributed by atoms with van der Waals surface area (Å²) in [4.78, 5) is 27.7. The molecule has 2 amide bonds. The molecule has 1 fully saturated rings. The zero-order valence-corrected chi connectivity index (χ0v) is 14.4. The van der Waals surface area contributed by atoms with Crippen molar-refractivity contribution in [2.45, 2.75) is 76.9 Å². The van der Waals surface area contributed by atoms with E-state index in [2.05, 4.69) is 6.26 Å². The third kappa shape index (κ3) is 8.15. The Hall–Kier alpha value is -0.590. The standard InChI is InChI=1S/C16H29NO4S/c1-22-13-9-7-5-3-2-4-6-8-10-16(20)21-17-14(18)11-12-15(17)19/h16,20H,2-13H2,1H3. The molecule has 1 aliphatic rings. The van der Waals surface area contributed by atoms with Gasteiger partial charge in [0.25, 0.3) is 11.8 Å². The third-order valence-corrected chi connectivity index (χ3v) is 4.48. The normalized spacial score (nSPS) is 16.5. The SMILES string of the molecule is CSCCCCCCCCCCC(O)ON1C(=O)CCC1=O. The number of unbranched alkanes of at least 4 members (excludes halogenated alkanes) is 7. The fourth-order valence-electron chi connectivity index (χ4n) is 2.47. The molecule has 6 heteroatoms. The van der Waals surface area contributed by atoms with Crippen LogP contribution in [0.25, 0.3) is 0 Å². The average Bonchev–Trinajstić information content (AvgIpc) is 2.81. The van der Waals surface area contributed by atoms with Crippen molar-refractivity contribution in [3.63, 3.8) is 0 Å². The summed E-state index contributed by atoms with van der Waals surface area (Å²) >= 11 is 1.91. The van der Waals surface area contributed by atoms with Gasteiger partial charge in [0.15, 0.2) is 6.29 Å². The first-order valence-electron chi connectivity index (χ1n) is 8.34. The number of imide groups is 1. The van der Waals surface area contributed by atoms with Crippen LogP contribution < -0.4 is 0 Å². The predicted octanol–water partition coefficient (Wildman–Crippen LogP) is 3.26. The van der Waals surface area contributed by atoms with Gasteiger partial charge in [-0.25, -0.2) is 4.84 Å². The molecule has 1 atom stereocenters. The van der Waals surface area contributed by atoms with Crippen molar-refractivity contribution >= 4 is 23.6 Å². The van der Waals surface area contributed by atoms with Gasteiger partial charge in [-0.15, -0.1) is 0 Å². The van der Waals surface area contributed by atoms with Crippen LogP contribution in [0.1, 0.15) is 70.6 Å². The Bertz CT molecular complexity index is 322. The number of hydrogen-bond donors (Lipinski definition) is 1. The number of amides is 2. The summed E-state index contributed by atoms with van der Waals surface area (Å²) in [6.45, 7) is 0. The molecule has 1 heterocycles. The van der Waals surface area contributed by atoms with E-state index in [1.807, 2.05) is 11.8 Å². The molecule has 1 rings (SSSR count). The fourth-order valence-corrected chi connectivity index (χ4v) is 2.97. The lowest BCUT2D eigenvalue weighted by Gasteiger charge is -2.17. The van der Waals surface area contributed by atoms with Gasteiger partial charge in [0.05, 0.1) is 0 Å². The molecule has 128 valence electrons. The Morgan fingerprint density at radius 2 is 1.50 bits per heavy atom. The van der Waals surface area contributed by atoms with Crippen LogP contribution in [-0.4, -0.2) is 40.3 Å². The van der Waals surface area contributed by atoms with Crippen molar-refractivity contribution in [3.05, 3.63) is 0 Å². The van der Waals surface area contributed by atoms with Crippen molar-refractivity contribution < 1.29 is 19.5 Å². The van der Waals surface area contributed by atoms with Crippen molar-refractivity contribution in [1.82, 2.24) is 5.06 Å². The van der Waals surface area contributed by atoms with Crippen molar-refractivity contribution in [2.75, 3.05) is 12.0 Å². The minimum absolute atomic E-state index is 0.183. The first-order chi connectivity index (χ1) is 10.6. The molecule has 0 radical (unpaired) electrons. The van der Waals surface area contributed by atoms with Crippen molar-refractivity contribution in [3.8, 4) is 0 Å². The summed E-state index contributed by atoms with van der Waals surface area (Å²) in [5, 5.41) is 10.4. The fraction of sp³-hybridized carbons (Fsp3) is 0.875. The van der Waals surface area contributed by atoms with Crippen molar-refractivity contribution in [2.24, 2.45) is 0 Å². The Morgan fingerprint density at radius 1 is 1.00 bits per heavy atom. The smallest absolute Gasteiger partial charge is 0.254 e. The van der Waals surface area contributed by atoms with Crippen LogP contribution in [0.3, 0.4) is 0 Å². The van der Waals surface area contributed by atoms with Crippen LogP contribution >= 0.6 is 11.8 Å². The highest BCUT2D eigenvalue weighted by Gasteiger charge is 2.31. The molecular weight excluding hydrogens is 302 g/mol. The maximum Gasteiger partial charge on any atom is 0.254 e. The van der Waals surface area contributed by atoms with Gasteiger partial charge in [-0.2, -0.15) is 16.8 Å². The highest BCUT2D eigenvalue weighted by Crippen LogP contribution is 2.16. The largest absolute Gasteiger partial charge is 0.366 e. The molecule has 0 saturated carbocycles. The Balaban J connectivity index is 1.92. The molecule has 1 aliphatic heterocycles. The molecule has 5 nitrogen and oxygen atoms in total. The maximum atomic E-state index is 11.3. The van der Waals surface area contributed by atoms with Gasteiger partial charge >= 0.3 is 0 Å². The molecule has 0 aliphatic carbocycles. The van der Waals surface area contributed by atoms with Crippen LogP contribution in [0.4, 0.5) is 0 Å². The summed E-state index contributed by atoms with van der Waals surface area (Å²) in [7, 11) is 0. The predicted molar refractivity (Wildman–Crippen MR) is 88.1 cm³/mol. The quantitative estimate of drug-likeness (QED) is 0.319. The van der Waals surface area contributed by atoms with Gasteiger partial charge in [0, 0.05) is 19.3 Å². The molecule has 1 saturated heterocycles. The number of hydroxylamine groups is 2. The number of hydrogen-bond acceptors (Lipinski definition) is 5. The highest BCUT2D eigenvalue weighted by molar-refractivity contribution is 7.98. The van der Waals surface area contributed by atoms with E-state index in [4.69, 9.17) is 4.84 Å². The van der Waals surface area contributed by atoms with E-state index in [1.54, 1.807) is 0 Å². The topological polar surface area (TPSA) is 66.8 Å².